The van der Waals surface area contributed by atoms with Crippen LogP contribution in [0.15, 0.2) is 29.4 Å². The molecule has 2 aliphatic heterocycles. The third-order valence-corrected chi connectivity index (χ3v) is 4.80. The van der Waals surface area contributed by atoms with Crippen molar-refractivity contribution in [1.82, 2.24) is 4.90 Å². The van der Waals surface area contributed by atoms with Gasteiger partial charge in [0.15, 0.2) is 0 Å². The van der Waals surface area contributed by atoms with E-state index in [4.69, 9.17) is 15.2 Å². The zero-order valence-corrected chi connectivity index (χ0v) is 13.0. The molecular formula is C17H19N3O3. The number of benzene rings is 1. The lowest BCUT2D eigenvalue weighted by Crippen LogP contribution is -2.49. The molecule has 6 heteroatoms. The van der Waals surface area contributed by atoms with Crippen molar-refractivity contribution in [2.45, 2.75) is 37.8 Å². The van der Waals surface area contributed by atoms with Gasteiger partial charge in [-0.15, -0.1) is 0 Å². The summed E-state index contributed by atoms with van der Waals surface area (Å²) in [7, 11) is 0. The zero-order valence-electron chi connectivity index (χ0n) is 13.0. The fraction of sp³-hybridized carbons (Fsp3) is 0.471. The molecule has 1 spiro atoms. The molecule has 0 amide bonds. The first-order chi connectivity index (χ1) is 11.0. The second-order valence-corrected chi connectivity index (χ2v) is 6.23. The number of carboxylic acids is 1. The van der Waals surface area contributed by atoms with Crippen LogP contribution in [-0.2, 0) is 9.63 Å². The van der Waals surface area contributed by atoms with Crippen LogP contribution >= 0.6 is 0 Å². The first-order valence-electron chi connectivity index (χ1n) is 7.75. The first-order valence-corrected chi connectivity index (χ1v) is 7.75. The Hall–Kier alpha value is -2.39. The number of hydrogen-bond acceptors (Lipinski definition) is 5. The maximum atomic E-state index is 11.1. The van der Waals surface area contributed by atoms with Crippen molar-refractivity contribution in [2.24, 2.45) is 5.16 Å². The quantitative estimate of drug-likeness (QED) is 0.922. The van der Waals surface area contributed by atoms with Gasteiger partial charge < -0.3 is 9.94 Å². The lowest BCUT2D eigenvalue weighted by molar-refractivity contribution is -0.145. The largest absolute Gasteiger partial charge is 0.480 e. The summed E-state index contributed by atoms with van der Waals surface area (Å²) < 4.78 is 0. The second-order valence-electron chi connectivity index (χ2n) is 6.23. The summed E-state index contributed by atoms with van der Waals surface area (Å²) in [6.07, 6.45) is 2.27. The number of carboxylic acid groups (broad SMARTS) is 1. The van der Waals surface area contributed by atoms with Crippen molar-refractivity contribution in [3.05, 3.63) is 35.4 Å². The summed E-state index contributed by atoms with van der Waals surface area (Å²) >= 11 is 0. The number of likely N-dealkylation sites (tertiary alicyclic amines) is 1. The third-order valence-electron chi connectivity index (χ3n) is 4.80. The van der Waals surface area contributed by atoms with Gasteiger partial charge in [0, 0.05) is 32.4 Å². The summed E-state index contributed by atoms with van der Waals surface area (Å²) in [5.74, 6) is -0.789. The lowest BCUT2D eigenvalue weighted by Gasteiger charge is -2.38. The van der Waals surface area contributed by atoms with Crippen molar-refractivity contribution in [3.63, 3.8) is 0 Å². The SMILES string of the molecule is CC(C(=O)O)N1CCC2(CC1)CC(c1ccc(C#N)cc1)=NO2. The monoisotopic (exact) mass is 313 g/mol. The molecule has 0 bridgehead atoms. The number of nitrogens with zero attached hydrogens (tertiary/aromatic N) is 3. The highest BCUT2D eigenvalue weighted by Gasteiger charge is 2.43. The van der Waals surface area contributed by atoms with Crippen LogP contribution in [0.5, 0.6) is 0 Å². The van der Waals surface area contributed by atoms with Crippen LogP contribution in [0.1, 0.15) is 37.3 Å². The summed E-state index contributed by atoms with van der Waals surface area (Å²) in [5.41, 5.74) is 2.19. The van der Waals surface area contributed by atoms with E-state index in [0.717, 1.165) is 30.5 Å². The van der Waals surface area contributed by atoms with Gasteiger partial charge in [0.1, 0.15) is 11.6 Å². The van der Waals surface area contributed by atoms with Crippen LogP contribution in [-0.4, -0.2) is 46.4 Å². The van der Waals surface area contributed by atoms with E-state index in [2.05, 4.69) is 11.2 Å². The molecule has 1 saturated heterocycles. The van der Waals surface area contributed by atoms with E-state index in [-0.39, 0.29) is 5.60 Å². The molecule has 1 N–H and O–H groups in total. The van der Waals surface area contributed by atoms with Crippen LogP contribution in [0.25, 0.3) is 0 Å². The Kier molecular flexibility index (Phi) is 4.05. The Morgan fingerprint density at radius 1 is 1.39 bits per heavy atom. The van der Waals surface area contributed by atoms with E-state index >= 15 is 0 Å². The van der Waals surface area contributed by atoms with Gasteiger partial charge in [-0.05, 0) is 24.6 Å². The number of nitriles is 1. The average Bonchev–Trinajstić information content (AvgIpc) is 2.99. The predicted molar refractivity (Wildman–Crippen MR) is 84.0 cm³/mol. The minimum atomic E-state index is -0.789. The topological polar surface area (TPSA) is 85.9 Å². The van der Waals surface area contributed by atoms with Crippen molar-refractivity contribution < 1.29 is 14.7 Å². The smallest absolute Gasteiger partial charge is 0.320 e. The minimum Gasteiger partial charge on any atom is -0.480 e. The van der Waals surface area contributed by atoms with E-state index in [1.165, 1.54) is 0 Å². The molecule has 1 atom stereocenters. The molecule has 1 unspecified atom stereocenters. The first kappa shape index (κ1) is 15.5. The molecular weight excluding hydrogens is 294 g/mol. The summed E-state index contributed by atoms with van der Waals surface area (Å²) in [6.45, 7) is 3.11. The Balaban J connectivity index is 1.63. The van der Waals surface area contributed by atoms with Gasteiger partial charge in [0.25, 0.3) is 0 Å². The van der Waals surface area contributed by atoms with Crippen LogP contribution in [0, 0.1) is 11.3 Å². The average molecular weight is 313 g/mol. The number of piperidine rings is 1. The number of rotatable bonds is 3. The van der Waals surface area contributed by atoms with Crippen molar-refractivity contribution in [2.75, 3.05) is 13.1 Å². The van der Waals surface area contributed by atoms with Gasteiger partial charge in [0.2, 0.25) is 0 Å². The molecule has 1 fully saturated rings. The number of aliphatic carboxylic acids is 1. The maximum absolute atomic E-state index is 11.1. The summed E-state index contributed by atoms with van der Waals surface area (Å²) in [4.78, 5) is 18.8. The van der Waals surface area contributed by atoms with Gasteiger partial charge >= 0.3 is 5.97 Å². The zero-order chi connectivity index (χ0) is 16.4. The van der Waals surface area contributed by atoms with Gasteiger partial charge in [-0.1, -0.05) is 17.3 Å². The molecule has 6 nitrogen and oxygen atoms in total. The Labute approximate surface area is 135 Å². The number of oxime groups is 1. The molecule has 0 radical (unpaired) electrons. The standard InChI is InChI=1S/C17H19N3O3/c1-12(16(21)22)20-8-6-17(7-9-20)10-15(19-23-17)14-4-2-13(11-18)3-5-14/h2-5,12H,6-10H2,1H3,(H,21,22). The van der Waals surface area contributed by atoms with Gasteiger partial charge in [-0.3, -0.25) is 9.69 Å². The van der Waals surface area contributed by atoms with E-state index in [1.807, 2.05) is 17.0 Å². The molecule has 120 valence electrons. The Morgan fingerprint density at radius 3 is 2.61 bits per heavy atom. The van der Waals surface area contributed by atoms with E-state index < -0.39 is 12.0 Å². The molecule has 23 heavy (non-hydrogen) atoms. The fourth-order valence-electron chi connectivity index (χ4n) is 3.16. The minimum absolute atomic E-state index is 0.308. The molecule has 1 aromatic carbocycles. The van der Waals surface area contributed by atoms with E-state index in [0.29, 0.717) is 18.7 Å². The number of carbonyl (C=O) groups is 1. The molecule has 0 saturated carbocycles. The molecule has 2 heterocycles. The summed E-state index contributed by atoms with van der Waals surface area (Å²) in [6, 6.07) is 8.97. The second kappa shape index (κ2) is 6.01. The summed E-state index contributed by atoms with van der Waals surface area (Å²) in [5, 5.41) is 22.2. The Bertz CT molecular complexity index is 667. The van der Waals surface area contributed by atoms with Crippen molar-refractivity contribution in [3.8, 4) is 6.07 Å². The molecule has 1 aromatic rings. The van der Waals surface area contributed by atoms with Crippen LogP contribution in [0.3, 0.4) is 0 Å². The van der Waals surface area contributed by atoms with Crippen LogP contribution < -0.4 is 0 Å². The fourth-order valence-corrected chi connectivity index (χ4v) is 3.16. The van der Waals surface area contributed by atoms with Gasteiger partial charge in [-0.2, -0.15) is 5.26 Å². The van der Waals surface area contributed by atoms with E-state index in [1.54, 1.807) is 19.1 Å². The van der Waals surface area contributed by atoms with Crippen LogP contribution in [0.4, 0.5) is 0 Å². The molecule has 2 aliphatic rings. The molecule has 3 rings (SSSR count). The van der Waals surface area contributed by atoms with Crippen molar-refractivity contribution in [1.29, 1.82) is 5.26 Å². The van der Waals surface area contributed by atoms with Gasteiger partial charge in [-0.25, -0.2) is 0 Å². The molecule has 0 aromatic heterocycles. The Morgan fingerprint density at radius 2 is 2.04 bits per heavy atom. The highest BCUT2D eigenvalue weighted by atomic mass is 16.7. The van der Waals surface area contributed by atoms with Crippen LogP contribution in [0.2, 0.25) is 0 Å². The van der Waals surface area contributed by atoms with Crippen molar-refractivity contribution >= 4 is 11.7 Å². The number of hydrogen-bond donors (Lipinski definition) is 1. The third kappa shape index (κ3) is 3.06. The van der Waals surface area contributed by atoms with Gasteiger partial charge in [0.05, 0.1) is 17.3 Å². The highest BCUT2D eigenvalue weighted by Crippen LogP contribution is 2.36. The molecule has 0 aliphatic carbocycles. The predicted octanol–water partition coefficient (Wildman–Crippen LogP) is 1.99. The highest BCUT2D eigenvalue weighted by molar-refractivity contribution is 6.01. The lowest BCUT2D eigenvalue weighted by atomic mass is 9.85. The maximum Gasteiger partial charge on any atom is 0.320 e. The normalized spacial score (nSPS) is 21.3. The van der Waals surface area contributed by atoms with E-state index in [9.17, 15) is 4.79 Å².